The van der Waals surface area contributed by atoms with Gasteiger partial charge in [-0.3, -0.25) is 4.98 Å². The molecule has 2 unspecified atom stereocenters. The summed E-state index contributed by atoms with van der Waals surface area (Å²) in [5.41, 5.74) is 0. The van der Waals surface area contributed by atoms with E-state index in [9.17, 15) is 0 Å². The van der Waals surface area contributed by atoms with E-state index in [2.05, 4.69) is 17.2 Å². The predicted octanol–water partition coefficient (Wildman–Crippen LogP) is 2.24. The summed E-state index contributed by atoms with van der Waals surface area (Å²) in [5, 5.41) is 3.56. The van der Waals surface area contributed by atoms with Crippen LogP contribution in [0.3, 0.4) is 0 Å². The Morgan fingerprint density at radius 2 is 2.44 bits per heavy atom. The lowest BCUT2D eigenvalue weighted by molar-refractivity contribution is 0.295. The van der Waals surface area contributed by atoms with Crippen LogP contribution in [0.15, 0.2) is 24.5 Å². The maximum absolute atomic E-state index is 5.58. The van der Waals surface area contributed by atoms with Crippen molar-refractivity contribution >= 4 is 0 Å². The number of nitrogens with one attached hydrogen (secondary N) is 1. The fourth-order valence-corrected chi connectivity index (χ4v) is 2.29. The molecule has 0 amide bonds. The molecule has 1 aliphatic carbocycles. The van der Waals surface area contributed by atoms with E-state index in [4.69, 9.17) is 4.74 Å². The minimum absolute atomic E-state index is 0.692. The fraction of sp³-hybridized carbons (Fsp3) is 0.615. The standard InChI is InChI=1S/C13H20N2O/c1-11-4-2-6-13(11)15-8-9-16-12-5-3-7-14-10-12/h3,5,7,10-11,13,15H,2,4,6,8-9H2,1H3. The van der Waals surface area contributed by atoms with Gasteiger partial charge in [0.15, 0.2) is 0 Å². The van der Waals surface area contributed by atoms with E-state index in [0.29, 0.717) is 6.04 Å². The largest absolute Gasteiger partial charge is 0.491 e. The average molecular weight is 220 g/mol. The van der Waals surface area contributed by atoms with Gasteiger partial charge in [0.25, 0.3) is 0 Å². The lowest BCUT2D eigenvalue weighted by atomic mass is 10.1. The molecule has 1 fully saturated rings. The number of hydrogen-bond donors (Lipinski definition) is 1. The molecule has 0 radical (unpaired) electrons. The van der Waals surface area contributed by atoms with E-state index in [-0.39, 0.29) is 0 Å². The van der Waals surface area contributed by atoms with Gasteiger partial charge in [-0.1, -0.05) is 13.3 Å². The molecule has 88 valence electrons. The van der Waals surface area contributed by atoms with Gasteiger partial charge in [0, 0.05) is 18.8 Å². The molecule has 1 heterocycles. The van der Waals surface area contributed by atoms with Crippen molar-refractivity contribution in [1.29, 1.82) is 0 Å². The number of pyridine rings is 1. The van der Waals surface area contributed by atoms with Crippen LogP contribution in [-0.4, -0.2) is 24.2 Å². The SMILES string of the molecule is CC1CCCC1NCCOc1cccnc1. The van der Waals surface area contributed by atoms with E-state index in [1.165, 1.54) is 19.3 Å². The summed E-state index contributed by atoms with van der Waals surface area (Å²) in [4.78, 5) is 4.01. The Bertz CT molecular complexity index is 302. The molecule has 1 N–H and O–H groups in total. The molecule has 16 heavy (non-hydrogen) atoms. The highest BCUT2D eigenvalue weighted by Gasteiger charge is 2.22. The van der Waals surface area contributed by atoms with E-state index in [0.717, 1.165) is 24.8 Å². The summed E-state index contributed by atoms with van der Waals surface area (Å²) in [6.45, 7) is 3.96. The Morgan fingerprint density at radius 1 is 1.50 bits per heavy atom. The molecular weight excluding hydrogens is 200 g/mol. The van der Waals surface area contributed by atoms with Crippen LogP contribution in [0.4, 0.5) is 0 Å². The number of aromatic nitrogens is 1. The van der Waals surface area contributed by atoms with Crippen molar-refractivity contribution in [3.05, 3.63) is 24.5 Å². The van der Waals surface area contributed by atoms with Crippen LogP contribution in [-0.2, 0) is 0 Å². The Morgan fingerprint density at radius 3 is 3.12 bits per heavy atom. The predicted molar refractivity (Wildman–Crippen MR) is 64.5 cm³/mol. The van der Waals surface area contributed by atoms with E-state index in [1.54, 1.807) is 12.4 Å². The quantitative estimate of drug-likeness (QED) is 0.773. The van der Waals surface area contributed by atoms with Crippen molar-refractivity contribution in [3.63, 3.8) is 0 Å². The molecule has 3 nitrogen and oxygen atoms in total. The third-order valence-corrected chi connectivity index (χ3v) is 3.27. The second kappa shape index (κ2) is 5.85. The fourth-order valence-electron chi connectivity index (χ4n) is 2.29. The maximum Gasteiger partial charge on any atom is 0.137 e. The highest BCUT2D eigenvalue weighted by atomic mass is 16.5. The first-order valence-corrected chi connectivity index (χ1v) is 6.12. The molecule has 3 heteroatoms. The Balaban J connectivity index is 1.62. The number of hydrogen-bond acceptors (Lipinski definition) is 3. The van der Waals surface area contributed by atoms with Gasteiger partial charge in [-0.2, -0.15) is 0 Å². The van der Waals surface area contributed by atoms with Gasteiger partial charge in [-0.25, -0.2) is 0 Å². The summed E-state index contributed by atoms with van der Waals surface area (Å²) in [6.07, 6.45) is 7.54. The average Bonchev–Trinajstić information content (AvgIpc) is 2.72. The summed E-state index contributed by atoms with van der Waals surface area (Å²) in [7, 11) is 0. The van der Waals surface area contributed by atoms with E-state index in [1.807, 2.05) is 12.1 Å². The summed E-state index contributed by atoms with van der Waals surface area (Å²) in [6, 6.07) is 4.52. The molecule has 0 saturated heterocycles. The number of nitrogens with zero attached hydrogens (tertiary/aromatic N) is 1. The molecule has 2 atom stereocenters. The van der Waals surface area contributed by atoms with Gasteiger partial charge >= 0.3 is 0 Å². The molecule has 0 aromatic carbocycles. The van der Waals surface area contributed by atoms with Gasteiger partial charge in [0.2, 0.25) is 0 Å². The minimum atomic E-state index is 0.692. The Kier molecular flexibility index (Phi) is 4.17. The summed E-state index contributed by atoms with van der Waals surface area (Å²) < 4.78 is 5.58. The third kappa shape index (κ3) is 3.20. The van der Waals surface area contributed by atoms with Crippen LogP contribution >= 0.6 is 0 Å². The van der Waals surface area contributed by atoms with Crippen molar-refractivity contribution in [2.45, 2.75) is 32.2 Å². The molecule has 1 aromatic heterocycles. The van der Waals surface area contributed by atoms with Crippen molar-refractivity contribution in [2.24, 2.45) is 5.92 Å². The van der Waals surface area contributed by atoms with Crippen LogP contribution in [0.5, 0.6) is 5.75 Å². The van der Waals surface area contributed by atoms with E-state index >= 15 is 0 Å². The lowest BCUT2D eigenvalue weighted by Crippen LogP contribution is -2.34. The highest BCUT2D eigenvalue weighted by molar-refractivity contribution is 5.15. The van der Waals surface area contributed by atoms with Crippen LogP contribution in [0.2, 0.25) is 0 Å². The lowest BCUT2D eigenvalue weighted by Gasteiger charge is -2.17. The van der Waals surface area contributed by atoms with E-state index < -0.39 is 0 Å². The van der Waals surface area contributed by atoms with Crippen LogP contribution < -0.4 is 10.1 Å². The maximum atomic E-state index is 5.58. The van der Waals surface area contributed by atoms with Gasteiger partial charge in [0.1, 0.15) is 12.4 Å². The molecular formula is C13H20N2O. The first kappa shape index (κ1) is 11.4. The van der Waals surface area contributed by atoms with Gasteiger partial charge in [0.05, 0.1) is 6.20 Å². The topological polar surface area (TPSA) is 34.1 Å². The summed E-state index contributed by atoms with van der Waals surface area (Å²) >= 11 is 0. The van der Waals surface area contributed by atoms with Crippen molar-refractivity contribution < 1.29 is 4.74 Å². The molecule has 0 aliphatic heterocycles. The monoisotopic (exact) mass is 220 g/mol. The number of ether oxygens (including phenoxy) is 1. The van der Waals surface area contributed by atoms with Crippen molar-refractivity contribution in [2.75, 3.05) is 13.2 Å². The van der Waals surface area contributed by atoms with Gasteiger partial charge < -0.3 is 10.1 Å². The van der Waals surface area contributed by atoms with Crippen molar-refractivity contribution in [1.82, 2.24) is 10.3 Å². The zero-order valence-corrected chi connectivity index (χ0v) is 9.86. The van der Waals surface area contributed by atoms with Gasteiger partial charge in [-0.05, 0) is 30.9 Å². The summed E-state index contributed by atoms with van der Waals surface area (Å²) in [5.74, 6) is 1.67. The third-order valence-electron chi connectivity index (χ3n) is 3.27. The molecule has 1 saturated carbocycles. The molecule has 0 bridgehead atoms. The Labute approximate surface area is 97.2 Å². The van der Waals surface area contributed by atoms with Crippen molar-refractivity contribution in [3.8, 4) is 5.75 Å². The molecule has 2 rings (SSSR count). The second-order valence-corrected chi connectivity index (χ2v) is 4.51. The van der Waals surface area contributed by atoms with Gasteiger partial charge in [-0.15, -0.1) is 0 Å². The number of rotatable bonds is 5. The smallest absolute Gasteiger partial charge is 0.137 e. The Hall–Kier alpha value is -1.09. The zero-order valence-electron chi connectivity index (χ0n) is 9.86. The molecule has 0 spiro atoms. The first-order valence-electron chi connectivity index (χ1n) is 6.12. The molecule has 1 aliphatic rings. The minimum Gasteiger partial charge on any atom is -0.491 e. The first-order chi connectivity index (χ1) is 7.86. The van der Waals surface area contributed by atoms with Crippen LogP contribution in [0.1, 0.15) is 26.2 Å². The van der Waals surface area contributed by atoms with Crippen LogP contribution in [0, 0.1) is 5.92 Å². The molecule has 1 aromatic rings. The highest BCUT2D eigenvalue weighted by Crippen LogP contribution is 2.24. The zero-order chi connectivity index (χ0) is 11.2. The normalized spacial score (nSPS) is 24.6. The second-order valence-electron chi connectivity index (χ2n) is 4.51. The van der Waals surface area contributed by atoms with Crippen LogP contribution in [0.25, 0.3) is 0 Å².